The first-order valence-corrected chi connectivity index (χ1v) is 12.7. The molecule has 1 atom stereocenters. The van der Waals surface area contributed by atoms with Crippen molar-refractivity contribution in [1.29, 1.82) is 0 Å². The van der Waals surface area contributed by atoms with E-state index in [1.54, 1.807) is 18.2 Å². The average Bonchev–Trinajstić information content (AvgIpc) is 2.75. The highest BCUT2D eigenvalue weighted by Gasteiger charge is 2.27. The summed E-state index contributed by atoms with van der Waals surface area (Å²) in [6, 6.07) is 10.7. The third kappa shape index (κ3) is 7.94. The highest BCUT2D eigenvalue weighted by atomic mass is 35.5. The molecule has 0 fully saturated rings. The molecule has 0 bridgehead atoms. The number of carbonyl (C=O) groups is 3. The second kappa shape index (κ2) is 12.0. The van der Waals surface area contributed by atoms with Crippen molar-refractivity contribution < 1.29 is 27.5 Å². The van der Waals surface area contributed by atoms with Crippen LogP contribution in [0.5, 0.6) is 0 Å². The number of hydrogen-bond acceptors (Lipinski definition) is 7. The first-order valence-electron chi connectivity index (χ1n) is 9.46. The zero-order valence-electron chi connectivity index (χ0n) is 17.5. The van der Waals surface area contributed by atoms with Gasteiger partial charge in [0.15, 0.2) is 12.4 Å². The topological polar surface area (TPSA) is 119 Å². The maximum atomic E-state index is 12.6. The molecule has 1 amide bonds. The molecule has 8 nitrogen and oxygen atoms in total. The maximum Gasteiger partial charge on any atom is 0.324 e. The van der Waals surface area contributed by atoms with Gasteiger partial charge in [-0.2, -0.15) is 16.5 Å². The Kier molecular flexibility index (Phi) is 9.70. The standard InChI is InChI=1S/C21H23ClN2O6S2/c1-14(25)15-4-3-5-17(12-15)23-20(26)13-30-21(27)19(10-11-31-2)24-32(28,29)18-8-6-16(22)7-9-18/h3-9,12,19,24H,10-11,13H2,1-2H3,(H,23,26). The van der Waals surface area contributed by atoms with Gasteiger partial charge in [0, 0.05) is 16.3 Å². The summed E-state index contributed by atoms with van der Waals surface area (Å²) in [5.74, 6) is -1.16. The maximum absolute atomic E-state index is 12.6. The van der Waals surface area contributed by atoms with Crippen LogP contribution >= 0.6 is 23.4 Å². The number of carbonyl (C=O) groups excluding carboxylic acids is 3. The number of hydrogen-bond donors (Lipinski definition) is 2. The van der Waals surface area contributed by atoms with Crippen molar-refractivity contribution in [3.8, 4) is 0 Å². The summed E-state index contributed by atoms with van der Waals surface area (Å²) in [5.41, 5.74) is 0.801. The summed E-state index contributed by atoms with van der Waals surface area (Å²) in [5, 5.41) is 2.91. The molecule has 0 aromatic heterocycles. The van der Waals surface area contributed by atoms with E-state index in [1.165, 1.54) is 49.0 Å². The van der Waals surface area contributed by atoms with Gasteiger partial charge < -0.3 is 10.1 Å². The van der Waals surface area contributed by atoms with Gasteiger partial charge in [-0.05, 0) is 61.8 Å². The fourth-order valence-electron chi connectivity index (χ4n) is 2.58. The molecular weight excluding hydrogens is 476 g/mol. The lowest BCUT2D eigenvalue weighted by atomic mass is 10.1. The molecule has 0 saturated heterocycles. The number of thioether (sulfide) groups is 1. The zero-order chi connectivity index (χ0) is 23.7. The second-order valence-corrected chi connectivity index (χ2v) is 9.84. The number of amides is 1. The zero-order valence-corrected chi connectivity index (χ0v) is 19.9. The van der Waals surface area contributed by atoms with Gasteiger partial charge in [-0.1, -0.05) is 23.7 Å². The van der Waals surface area contributed by atoms with Crippen LogP contribution in [0.1, 0.15) is 23.7 Å². The molecule has 2 aromatic carbocycles. The number of benzene rings is 2. The molecule has 0 aliphatic rings. The van der Waals surface area contributed by atoms with Crippen LogP contribution < -0.4 is 10.0 Å². The Morgan fingerprint density at radius 2 is 1.81 bits per heavy atom. The largest absolute Gasteiger partial charge is 0.454 e. The van der Waals surface area contributed by atoms with Gasteiger partial charge in [0.1, 0.15) is 6.04 Å². The summed E-state index contributed by atoms with van der Waals surface area (Å²) in [6.07, 6.45) is 1.99. The fraction of sp³-hybridized carbons (Fsp3) is 0.286. The minimum atomic E-state index is -4.00. The fourth-order valence-corrected chi connectivity index (χ4v) is 4.40. The number of rotatable bonds is 11. The van der Waals surface area contributed by atoms with E-state index in [1.807, 2.05) is 6.26 Å². The first-order chi connectivity index (χ1) is 15.1. The van der Waals surface area contributed by atoms with Crippen LogP contribution in [0.25, 0.3) is 0 Å². The number of Topliss-reactive ketones (excluding diaryl/α,β-unsaturated/α-hetero) is 1. The number of ether oxygens (including phenoxy) is 1. The summed E-state index contributed by atoms with van der Waals surface area (Å²) in [6.45, 7) is 0.796. The third-order valence-corrected chi connectivity index (χ3v) is 6.60. The molecule has 2 aromatic rings. The Morgan fingerprint density at radius 1 is 1.12 bits per heavy atom. The highest BCUT2D eigenvalue weighted by Crippen LogP contribution is 2.16. The van der Waals surface area contributed by atoms with Crippen LogP contribution in [0, 0.1) is 0 Å². The SMILES string of the molecule is CSCCC(NS(=O)(=O)c1ccc(Cl)cc1)C(=O)OCC(=O)Nc1cccc(C(C)=O)c1. The van der Waals surface area contributed by atoms with Crippen LogP contribution in [0.4, 0.5) is 5.69 Å². The summed E-state index contributed by atoms with van der Waals surface area (Å²) in [4.78, 5) is 36.1. The van der Waals surface area contributed by atoms with Crippen molar-refractivity contribution in [3.05, 3.63) is 59.1 Å². The van der Waals surface area contributed by atoms with E-state index in [0.29, 0.717) is 22.0 Å². The molecule has 1 unspecified atom stereocenters. The van der Waals surface area contributed by atoms with Crippen molar-refractivity contribution in [1.82, 2.24) is 4.72 Å². The molecule has 0 aliphatic carbocycles. The van der Waals surface area contributed by atoms with Crippen molar-refractivity contribution in [3.63, 3.8) is 0 Å². The molecule has 0 aliphatic heterocycles. The van der Waals surface area contributed by atoms with Crippen LogP contribution in [-0.2, 0) is 24.3 Å². The Labute approximate surface area is 196 Å². The van der Waals surface area contributed by atoms with Crippen molar-refractivity contribution >= 4 is 56.7 Å². The number of sulfonamides is 1. The van der Waals surface area contributed by atoms with Crippen LogP contribution in [-0.4, -0.2) is 50.7 Å². The molecule has 0 spiro atoms. The molecule has 0 radical (unpaired) electrons. The predicted octanol–water partition coefficient (Wildman–Crippen LogP) is 3.12. The van der Waals surface area contributed by atoms with E-state index in [4.69, 9.17) is 16.3 Å². The van der Waals surface area contributed by atoms with Gasteiger partial charge in [-0.3, -0.25) is 14.4 Å². The second-order valence-electron chi connectivity index (χ2n) is 6.70. The minimum Gasteiger partial charge on any atom is -0.454 e. The predicted molar refractivity (Wildman–Crippen MR) is 125 cm³/mol. The lowest BCUT2D eigenvalue weighted by Gasteiger charge is -2.17. The molecule has 32 heavy (non-hydrogen) atoms. The summed E-state index contributed by atoms with van der Waals surface area (Å²) in [7, 11) is -4.00. The number of esters is 1. The molecule has 172 valence electrons. The lowest BCUT2D eigenvalue weighted by Crippen LogP contribution is -2.43. The molecular formula is C21H23ClN2O6S2. The van der Waals surface area contributed by atoms with Crippen molar-refractivity contribution in [2.75, 3.05) is 23.9 Å². The molecule has 0 saturated carbocycles. The van der Waals surface area contributed by atoms with E-state index in [0.717, 1.165) is 0 Å². The number of anilines is 1. The van der Waals surface area contributed by atoms with Crippen molar-refractivity contribution in [2.45, 2.75) is 24.3 Å². The molecule has 2 rings (SSSR count). The lowest BCUT2D eigenvalue weighted by molar-refractivity contribution is -0.149. The minimum absolute atomic E-state index is 0.0491. The number of nitrogens with one attached hydrogen (secondary N) is 2. The van der Waals surface area contributed by atoms with Crippen molar-refractivity contribution in [2.24, 2.45) is 0 Å². The smallest absolute Gasteiger partial charge is 0.324 e. The van der Waals surface area contributed by atoms with Gasteiger partial charge >= 0.3 is 5.97 Å². The van der Waals surface area contributed by atoms with E-state index < -0.39 is 34.5 Å². The first kappa shape index (κ1) is 25.9. The Bertz CT molecular complexity index is 1070. The Morgan fingerprint density at radius 3 is 2.44 bits per heavy atom. The average molecular weight is 499 g/mol. The van der Waals surface area contributed by atoms with E-state index >= 15 is 0 Å². The monoisotopic (exact) mass is 498 g/mol. The summed E-state index contributed by atoms with van der Waals surface area (Å²) >= 11 is 7.23. The molecule has 2 N–H and O–H groups in total. The van der Waals surface area contributed by atoms with Gasteiger partial charge in [0.25, 0.3) is 5.91 Å². The quantitative estimate of drug-likeness (QED) is 0.361. The van der Waals surface area contributed by atoms with Gasteiger partial charge in [0.05, 0.1) is 4.90 Å². The van der Waals surface area contributed by atoms with E-state index in [-0.39, 0.29) is 17.1 Å². The number of halogens is 1. The van der Waals surface area contributed by atoms with Crippen LogP contribution in [0.3, 0.4) is 0 Å². The summed E-state index contributed by atoms with van der Waals surface area (Å²) < 4.78 is 32.6. The Balaban J connectivity index is 2.01. The van der Waals surface area contributed by atoms with E-state index in [2.05, 4.69) is 10.0 Å². The third-order valence-electron chi connectivity index (χ3n) is 4.21. The van der Waals surface area contributed by atoms with Gasteiger partial charge in [-0.15, -0.1) is 0 Å². The Hall–Kier alpha value is -2.40. The van der Waals surface area contributed by atoms with Gasteiger partial charge in [0.2, 0.25) is 10.0 Å². The van der Waals surface area contributed by atoms with Crippen LogP contribution in [0.15, 0.2) is 53.4 Å². The van der Waals surface area contributed by atoms with E-state index in [9.17, 15) is 22.8 Å². The van der Waals surface area contributed by atoms with Crippen LogP contribution in [0.2, 0.25) is 5.02 Å². The molecule has 0 heterocycles. The number of ketones is 1. The molecule has 11 heteroatoms. The normalized spacial score (nSPS) is 12.1. The van der Waals surface area contributed by atoms with Gasteiger partial charge in [-0.25, -0.2) is 8.42 Å². The highest BCUT2D eigenvalue weighted by molar-refractivity contribution is 7.98.